The molecule has 0 N–H and O–H groups in total. The van der Waals surface area contributed by atoms with E-state index in [0.29, 0.717) is 5.56 Å². The van der Waals surface area contributed by atoms with Gasteiger partial charge in [0, 0.05) is 11.3 Å². The van der Waals surface area contributed by atoms with Gasteiger partial charge in [-0.3, -0.25) is 4.79 Å². The fraction of sp³-hybridized carbons (Fsp3) is 0.462. The second-order valence-corrected chi connectivity index (χ2v) is 7.50. The summed E-state index contributed by atoms with van der Waals surface area (Å²) in [6.45, 7) is 4.86. The van der Waals surface area contributed by atoms with E-state index in [4.69, 9.17) is 11.6 Å². The first-order valence-electron chi connectivity index (χ1n) is 5.81. The van der Waals surface area contributed by atoms with E-state index in [-0.39, 0.29) is 12.2 Å². The highest BCUT2D eigenvalue weighted by atomic mass is 35.5. The topological polar surface area (TPSA) is 51.2 Å². The van der Waals surface area contributed by atoms with Gasteiger partial charge in [-0.25, -0.2) is 8.42 Å². The van der Waals surface area contributed by atoms with Crippen LogP contribution in [0.15, 0.2) is 24.3 Å². The molecule has 0 aliphatic heterocycles. The van der Waals surface area contributed by atoms with Crippen molar-refractivity contribution in [3.05, 3.63) is 35.4 Å². The zero-order valence-electron chi connectivity index (χ0n) is 10.7. The lowest BCUT2D eigenvalue weighted by atomic mass is 10.0. The van der Waals surface area contributed by atoms with Gasteiger partial charge in [-0.1, -0.05) is 49.7 Å². The van der Waals surface area contributed by atoms with Crippen LogP contribution in [-0.2, 0) is 9.84 Å². The number of benzene rings is 1. The number of carbonyl (C=O) groups excluding carboxylic acids is 1. The smallest absolute Gasteiger partial charge is 0.207 e. The minimum atomic E-state index is -3.66. The summed E-state index contributed by atoms with van der Waals surface area (Å²) >= 11 is 6.13. The summed E-state index contributed by atoms with van der Waals surface area (Å²) < 4.78 is 22.2. The molecule has 1 aromatic carbocycles. The highest BCUT2D eigenvalue weighted by molar-refractivity contribution is 7.95. The van der Waals surface area contributed by atoms with Gasteiger partial charge in [-0.2, -0.15) is 0 Å². The largest absolute Gasteiger partial charge is 0.291 e. The van der Waals surface area contributed by atoms with Gasteiger partial charge in [0.05, 0.1) is 0 Å². The normalized spacial score (nSPS) is 15.1. The van der Waals surface area contributed by atoms with E-state index < -0.39 is 19.8 Å². The van der Waals surface area contributed by atoms with E-state index in [1.54, 1.807) is 38.1 Å². The summed E-state index contributed by atoms with van der Waals surface area (Å²) in [5, 5.41) is 0. The van der Waals surface area contributed by atoms with E-state index >= 15 is 0 Å². The van der Waals surface area contributed by atoms with Crippen LogP contribution in [0.4, 0.5) is 0 Å². The predicted octanol–water partition coefficient (Wildman–Crippen LogP) is 2.96. The molecule has 0 radical (unpaired) electrons. The average Bonchev–Trinajstić information content (AvgIpc) is 2.37. The number of aryl methyl sites for hydroxylation is 1. The lowest BCUT2D eigenvalue weighted by Gasteiger charge is -2.24. The molecule has 0 aliphatic carbocycles. The Morgan fingerprint density at radius 2 is 1.83 bits per heavy atom. The summed E-state index contributed by atoms with van der Waals surface area (Å²) in [7, 11) is -3.66. The van der Waals surface area contributed by atoms with Crippen LogP contribution in [0.25, 0.3) is 0 Å². The minimum absolute atomic E-state index is 0.0535. The van der Waals surface area contributed by atoms with Crippen LogP contribution >= 0.6 is 11.6 Å². The molecule has 0 unspecified atom stereocenters. The SMILES string of the molecule is CC[C@](Cl)(C(=O)c1ccccc1C)S(=O)(=O)CC. The molecule has 0 saturated carbocycles. The number of sulfone groups is 1. The van der Waals surface area contributed by atoms with E-state index in [1.807, 2.05) is 0 Å². The predicted molar refractivity (Wildman–Crippen MR) is 73.8 cm³/mol. The Bertz CT molecular complexity index is 551. The van der Waals surface area contributed by atoms with Crippen LogP contribution in [0.2, 0.25) is 0 Å². The van der Waals surface area contributed by atoms with Gasteiger partial charge < -0.3 is 0 Å². The molecular weight excluding hydrogens is 272 g/mol. The third-order valence-corrected chi connectivity index (χ3v) is 6.42. The number of rotatable bonds is 5. The molecule has 3 nitrogen and oxygen atoms in total. The molecule has 18 heavy (non-hydrogen) atoms. The van der Waals surface area contributed by atoms with Gasteiger partial charge in [0.2, 0.25) is 4.21 Å². The van der Waals surface area contributed by atoms with Crippen molar-refractivity contribution in [2.75, 3.05) is 5.75 Å². The van der Waals surface area contributed by atoms with Gasteiger partial charge in [0.25, 0.3) is 0 Å². The molecule has 0 saturated heterocycles. The number of carbonyl (C=O) groups is 1. The fourth-order valence-corrected chi connectivity index (χ4v) is 3.50. The Labute approximate surface area is 113 Å². The van der Waals surface area contributed by atoms with Crippen molar-refractivity contribution >= 4 is 27.2 Å². The first kappa shape index (κ1) is 15.2. The van der Waals surface area contributed by atoms with Crippen LogP contribution in [0.3, 0.4) is 0 Å². The van der Waals surface area contributed by atoms with Gasteiger partial charge in [0.15, 0.2) is 15.6 Å². The monoisotopic (exact) mass is 288 g/mol. The van der Waals surface area contributed by atoms with Crippen molar-refractivity contribution in [2.45, 2.75) is 31.4 Å². The maximum Gasteiger partial charge on any atom is 0.207 e. The van der Waals surface area contributed by atoms with Gasteiger partial charge in [-0.15, -0.1) is 0 Å². The number of alkyl halides is 1. The summed E-state index contributed by atoms with van der Waals surface area (Å²) in [5.41, 5.74) is 1.10. The summed E-state index contributed by atoms with van der Waals surface area (Å²) in [5.74, 6) is -0.686. The quantitative estimate of drug-likeness (QED) is 0.618. The number of Topliss-reactive ketones (excluding diaryl/α,β-unsaturated/α-hetero) is 1. The van der Waals surface area contributed by atoms with E-state index in [1.165, 1.54) is 6.92 Å². The molecule has 0 heterocycles. The Hall–Kier alpha value is -0.870. The highest BCUT2D eigenvalue weighted by Crippen LogP contribution is 2.32. The van der Waals surface area contributed by atoms with E-state index in [9.17, 15) is 13.2 Å². The lowest BCUT2D eigenvalue weighted by Crippen LogP contribution is -2.42. The molecule has 0 fully saturated rings. The second kappa shape index (κ2) is 5.41. The molecular formula is C13H17ClO3S. The summed E-state index contributed by atoms with van der Waals surface area (Å²) in [6.07, 6.45) is 0.0535. The van der Waals surface area contributed by atoms with Gasteiger partial charge >= 0.3 is 0 Å². The first-order chi connectivity index (χ1) is 8.30. The fourth-order valence-electron chi connectivity index (χ4n) is 1.78. The molecule has 0 aliphatic rings. The highest BCUT2D eigenvalue weighted by Gasteiger charge is 2.46. The van der Waals surface area contributed by atoms with Crippen molar-refractivity contribution in [2.24, 2.45) is 0 Å². The molecule has 1 rings (SSSR count). The number of ketones is 1. The Morgan fingerprint density at radius 3 is 2.28 bits per heavy atom. The number of hydrogen-bond donors (Lipinski definition) is 0. The zero-order chi connectivity index (χ0) is 14.0. The van der Waals surface area contributed by atoms with Crippen molar-refractivity contribution in [1.82, 2.24) is 0 Å². The van der Waals surface area contributed by atoms with E-state index in [2.05, 4.69) is 0 Å². The zero-order valence-corrected chi connectivity index (χ0v) is 12.3. The van der Waals surface area contributed by atoms with Crippen LogP contribution in [0, 0.1) is 6.92 Å². The van der Waals surface area contributed by atoms with Crippen molar-refractivity contribution < 1.29 is 13.2 Å². The Balaban J connectivity index is 3.36. The van der Waals surface area contributed by atoms with Crippen molar-refractivity contribution in [3.8, 4) is 0 Å². The van der Waals surface area contributed by atoms with Crippen molar-refractivity contribution in [1.29, 1.82) is 0 Å². The molecule has 1 aromatic rings. The molecule has 100 valence electrons. The molecule has 0 spiro atoms. The van der Waals surface area contributed by atoms with Crippen LogP contribution in [0.5, 0.6) is 0 Å². The third kappa shape index (κ3) is 2.45. The molecule has 0 aromatic heterocycles. The molecule has 1 atom stereocenters. The number of halogens is 1. The minimum Gasteiger partial charge on any atom is -0.291 e. The maximum atomic E-state index is 12.4. The Kier molecular flexibility index (Phi) is 4.56. The second-order valence-electron chi connectivity index (χ2n) is 4.13. The molecule has 5 heteroatoms. The first-order valence-corrected chi connectivity index (χ1v) is 7.84. The van der Waals surface area contributed by atoms with Crippen LogP contribution in [0.1, 0.15) is 36.2 Å². The lowest BCUT2D eigenvalue weighted by molar-refractivity contribution is 0.0970. The van der Waals surface area contributed by atoms with Crippen LogP contribution in [-0.4, -0.2) is 24.2 Å². The standard InChI is InChI=1S/C13H17ClO3S/c1-4-13(14,18(16,17)5-2)12(15)11-9-7-6-8-10(11)3/h6-9H,4-5H2,1-3H3/t13-/m1/s1. The molecule has 0 bridgehead atoms. The average molecular weight is 289 g/mol. The Morgan fingerprint density at radius 1 is 1.28 bits per heavy atom. The molecule has 0 amide bonds. The third-order valence-electron chi connectivity index (χ3n) is 3.06. The van der Waals surface area contributed by atoms with Gasteiger partial charge in [-0.05, 0) is 18.9 Å². The van der Waals surface area contributed by atoms with Crippen molar-refractivity contribution in [3.63, 3.8) is 0 Å². The van der Waals surface area contributed by atoms with E-state index in [0.717, 1.165) is 5.56 Å². The summed E-state index contributed by atoms with van der Waals surface area (Å²) in [6, 6.07) is 6.86. The maximum absolute atomic E-state index is 12.4. The summed E-state index contributed by atoms with van der Waals surface area (Å²) in [4.78, 5) is 12.4. The van der Waals surface area contributed by atoms with Gasteiger partial charge in [0.1, 0.15) is 0 Å². The van der Waals surface area contributed by atoms with Crippen LogP contribution < -0.4 is 0 Å². The number of hydrogen-bond acceptors (Lipinski definition) is 3.